The van der Waals surface area contributed by atoms with Gasteiger partial charge in [0, 0.05) is 45.3 Å². The van der Waals surface area contributed by atoms with Crippen LogP contribution in [0.3, 0.4) is 0 Å². The third kappa shape index (κ3) is 3.38. The molecule has 0 radical (unpaired) electrons. The van der Waals surface area contributed by atoms with Crippen LogP contribution < -0.4 is 0 Å². The molecule has 21 heavy (non-hydrogen) atoms. The van der Waals surface area contributed by atoms with Crippen LogP contribution in [0.15, 0.2) is 30.3 Å². The van der Waals surface area contributed by atoms with E-state index in [1.807, 2.05) is 4.90 Å². The molecule has 1 unspecified atom stereocenters. The molecule has 4 nitrogen and oxygen atoms in total. The number of hydrogen-bond donors (Lipinski definition) is 0. The fraction of sp³-hybridized carbons (Fsp3) is 0.588. The van der Waals surface area contributed by atoms with Gasteiger partial charge in [0.25, 0.3) is 0 Å². The number of piperazine rings is 1. The van der Waals surface area contributed by atoms with E-state index in [-0.39, 0.29) is 6.03 Å². The number of urea groups is 1. The van der Waals surface area contributed by atoms with Crippen LogP contribution in [-0.2, 0) is 6.54 Å². The molecule has 1 aromatic carbocycles. The van der Waals surface area contributed by atoms with Crippen molar-refractivity contribution < 1.29 is 4.79 Å². The third-order valence-corrected chi connectivity index (χ3v) is 4.58. The van der Waals surface area contributed by atoms with E-state index >= 15 is 0 Å². The van der Waals surface area contributed by atoms with Crippen LogP contribution in [0.1, 0.15) is 25.3 Å². The number of likely N-dealkylation sites (tertiary alicyclic amines) is 1. The summed E-state index contributed by atoms with van der Waals surface area (Å²) >= 11 is 0. The zero-order valence-corrected chi connectivity index (χ0v) is 12.9. The van der Waals surface area contributed by atoms with Crippen molar-refractivity contribution in [3.05, 3.63) is 35.9 Å². The topological polar surface area (TPSA) is 26.8 Å². The van der Waals surface area contributed by atoms with Crippen LogP contribution in [0.4, 0.5) is 4.79 Å². The molecule has 1 atom stereocenters. The Hall–Kier alpha value is -1.55. The third-order valence-electron chi connectivity index (χ3n) is 4.58. The van der Waals surface area contributed by atoms with Gasteiger partial charge >= 0.3 is 6.03 Å². The van der Waals surface area contributed by atoms with E-state index in [2.05, 4.69) is 47.1 Å². The van der Waals surface area contributed by atoms with Gasteiger partial charge in [0.05, 0.1) is 0 Å². The lowest BCUT2D eigenvalue weighted by Gasteiger charge is -2.41. The molecule has 2 aliphatic rings. The number of hydrogen-bond acceptors (Lipinski definition) is 2. The molecule has 4 heteroatoms. The van der Waals surface area contributed by atoms with Gasteiger partial charge in [-0.1, -0.05) is 30.3 Å². The molecule has 2 saturated heterocycles. The molecule has 2 heterocycles. The summed E-state index contributed by atoms with van der Waals surface area (Å²) in [5, 5.41) is 0. The predicted molar refractivity (Wildman–Crippen MR) is 84.1 cm³/mol. The van der Waals surface area contributed by atoms with Crippen LogP contribution in [0, 0.1) is 0 Å². The van der Waals surface area contributed by atoms with E-state index in [0.717, 1.165) is 52.1 Å². The molecule has 0 N–H and O–H groups in total. The summed E-state index contributed by atoms with van der Waals surface area (Å²) in [5.41, 5.74) is 1.35. The Morgan fingerprint density at radius 1 is 1.10 bits per heavy atom. The van der Waals surface area contributed by atoms with E-state index < -0.39 is 0 Å². The maximum Gasteiger partial charge on any atom is 0.320 e. The average Bonchev–Trinajstić information content (AvgIpc) is 3.02. The van der Waals surface area contributed by atoms with E-state index in [1.165, 1.54) is 5.56 Å². The molecule has 0 aliphatic carbocycles. The zero-order chi connectivity index (χ0) is 14.7. The summed E-state index contributed by atoms with van der Waals surface area (Å²) in [6.07, 6.45) is 2.32. The van der Waals surface area contributed by atoms with Crippen LogP contribution >= 0.6 is 0 Å². The maximum absolute atomic E-state index is 12.5. The summed E-state index contributed by atoms with van der Waals surface area (Å²) in [6.45, 7) is 7.82. The van der Waals surface area contributed by atoms with Crippen molar-refractivity contribution in [3.8, 4) is 0 Å². The van der Waals surface area contributed by atoms with E-state index in [4.69, 9.17) is 0 Å². The molecule has 2 aliphatic heterocycles. The highest BCUT2D eigenvalue weighted by molar-refractivity contribution is 5.75. The number of benzene rings is 1. The Morgan fingerprint density at radius 3 is 2.48 bits per heavy atom. The van der Waals surface area contributed by atoms with Crippen molar-refractivity contribution in [1.82, 2.24) is 14.7 Å². The van der Waals surface area contributed by atoms with E-state index in [1.54, 1.807) is 0 Å². The van der Waals surface area contributed by atoms with Crippen LogP contribution in [0.5, 0.6) is 0 Å². The summed E-state index contributed by atoms with van der Waals surface area (Å²) in [7, 11) is 0. The van der Waals surface area contributed by atoms with Crippen molar-refractivity contribution in [1.29, 1.82) is 0 Å². The zero-order valence-electron chi connectivity index (χ0n) is 12.9. The van der Waals surface area contributed by atoms with Gasteiger partial charge < -0.3 is 9.80 Å². The van der Waals surface area contributed by atoms with Crippen LogP contribution in [-0.4, -0.2) is 59.5 Å². The lowest BCUT2D eigenvalue weighted by Crippen LogP contribution is -2.56. The molecule has 0 bridgehead atoms. The minimum absolute atomic E-state index is 0.249. The first-order valence-corrected chi connectivity index (χ1v) is 8.06. The minimum atomic E-state index is 0.249. The highest BCUT2D eigenvalue weighted by Crippen LogP contribution is 2.17. The lowest BCUT2D eigenvalue weighted by atomic mass is 10.1. The van der Waals surface area contributed by atoms with Gasteiger partial charge in [-0.25, -0.2) is 4.79 Å². The summed E-state index contributed by atoms with van der Waals surface area (Å²) in [5.74, 6) is 0. The fourth-order valence-corrected chi connectivity index (χ4v) is 3.39. The smallest absolute Gasteiger partial charge is 0.320 e. The summed E-state index contributed by atoms with van der Waals surface area (Å²) in [4.78, 5) is 19.0. The molecule has 2 amide bonds. The fourth-order valence-electron chi connectivity index (χ4n) is 3.39. The van der Waals surface area contributed by atoms with Crippen molar-refractivity contribution in [2.75, 3.05) is 32.7 Å². The average molecular weight is 287 g/mol. The molecule has 0 saturated carbocycles. The molecular weight excluding hydrogens is 262 g/mol. The standard InChI is InChI=1S/C17H25N3O/c1-15-13-18(14-16-7-3-2-4-8-16)11-12-20(15)17(21)19-9-5-6-10-19/h2-4,7-8,15H,5-6,9-14H2,1H3. The Bertz CT molecular complexity index is 470. The van der Waals surface area contributed by atoms with E-state index in [9.17, 15) is 4.79 Å². The van der Waals surface area contributed by atoms with Crippen molar-refractivity contribution in [2.45, 2.75) is 32.4 Å². The Morgan fingerprint density at radius 2 is 1.81 bits per heavy atom. The van der Waals surface area contributed by atoms with Crippen LogP contribution in [0.25, 0.3) is 0 Å². The SMILES string of the molecule is CC1CN(Cc2ccccc2)CCN1C(=O)N1CCCC1. The quantitative estimate of drug-likeness (QED) is 0.835. The molecule has 3 rings (SSSR count). The number of nitrogens with zero attached hydrogens (tertiary/aromatic N) is 3. The number of rotatable bonds is 2. The first-order chi connectivity index (χ1) is 10.2. The molecule has 0 spiro atoms. The van der Waals surface area contributed by atoms with Gasteiger partial charge in [-0.2, -0.15) is 0 Å². The number of carbonyl (C=O) groups excluding carboxylic acids is 1. The normalized spacial score (nSPS) is 23.6. The Kier molecular flexibility index (Phi) is 4.44. The summed E-state index contributed by atoms with van der Waals surface area (Å²) in [6, 6.07) is 11.1. The maximum atomic E-state index is 12.5. The van der Waals surface area contributed by atoms with Gasteiger partial charge in [0.15, 0.2) is 0 Å². The molecule has 2 fully saturated rings. The predicted octanol–water partition coefficient (Wildman–Crippen LogP) is 2.41. The molecule has 0 aromatic heterocycles. The second-order valence-corrected chi connectivity index (χ2v) is 6.24. The molecular formula is C17H25N3O. The second kappa shape index (κ2) is 6.48. The Labute approximate surface area is 127 Å². The highest BCUT2D eigenvalue weighted by atomic mass is 16.2. The largest absolute Gasteiger partial charge is 0.325 e. The first-order valence-electron chi connectivity index (χ1n) is 8.06. The van der Waals surface area contributed by atoms with Gasteiger partial charge in [-0.05, 0) is 25.3 Å². The van der Waals surface area contributed by atoms with Crippen molar-refractivity contribution in [3.63, 3.8) is 0 Å². The highest BCUT2D eigenvalue weighted by Gasteiger charge is 2.31. The monoisotopic (exact) mass is 287 g/mol. The number of amides is 2. The van der Waals surface area contributed by atoms with Crippen molar-refractivity contribution in [2.24, 2.45) is 0 Å². The first kappa shape index (κ1) is 14.4. The second-order valence-electron chi connectivity index (χ2n) is 6.24. The van der Waals surface area contributed by atoms with E-state index in [0.29, 0.717) is 6.04 Å². The number of carbonyl (C=O) groups is 1. The molecule has 114 valence electrons. The van der Waals surface area contributed by atoms with Crippen molar-refractivity contribution >= 4 is 6.03 Å². The minimum Gasteiger partial charge on any atom is -0.325 e. The van der Waals surface area contributed by atoms with Gasteiger partial charge in [0.1, 0.15) is 0 Å². The molecule has 1 aromatic rings. The van der Waals surface area contributed by atoms with Crippen LogP contribution in [0.2, 0.25) is 0 Å². The summed E-state index contributed by atoms with van der Waals surface area (Å²) < 4.78 is 0. The van der Waals surface area contributed by atoms with Gasteiger partial charge in [0.2, 0.25) is 0 Å². The Balaban J connectivity index is 1.55. The lowest BCUT2D eigenvalue weighted by molar-refractivity contribution is 0.0815. The van der Waals surface area contributed by atoms with Gasteiger partial charge in [-0.3, -0.25) is 4.90 Å². The van der Waals surface area contributed by atoms with Gasteiger partial charge in [-0.15, -0.1) is 0 Å².